The highest BCUT2D eigenvalue weighted by molar-refractivity contribution is 9.09. The molecule has 2 rings (SSSR count). The first-order valence-corrected chi connectivity index (χ1v) is 7.75. The van der Waals surface area contributed by atoms with Crippen LogP contribution in [0.5, 0.6) is 5.75 Å². The first-order valence-electron chi connectivity index (χ1n) is 6.46. The lowest BCUT2D eigenvalue weighted by atomic mass is 9.65. The molecule has 1 nitrogen and oxygen atoms in total. The minimum Gasteiger partial charge on any atom is -0.489 e. The molecule has 3 unspecified atom stereocenters. The number of ether oxygens (including phenoxy) is 1. The van der Waals surface area contributed by atoms with E-state index in [2.05, 4.69) is 43.6 Å². The lowest BCUT2D eigenvalue weighted by molar-refractivity contribution is -0.0251. The second-order valence-corrected chi connectivity index (χ2v) is 7.08. The summed E-state index contributed by atoms with van der Waals surface area (Å²) in [5, 5.41) is 0.780. The van der Waals surface area contributed by atoms with E-state index in [1.807, 2.05) is 12.1 Å². The molecule has 0 heterocycles. The van der Waals surface area contributed by atoms with Gasteiger partial charge >= 0.3 is 0 Å². The highest BCUT2D eigenvalue weighted by Gasteiger charge is 2.51. The van der Waals surface area contributed by atoms with E-state index in [1.165, 1.54) is 0 Å². The van der Waals surface area contributed by atoms with Crippen LogP contribution in [0.1, 0.15) is 37.8 Å². The maximum absolute atomic E-state index is 6.26. The molecule has 3 atom stereocenters. The van der Waals surface area contributed by atoms with Gasteiger partial charge in [0.05, 0.1) is 0 Å². The molecule has 1 aromatic carbocycles. The van der Waals surface area contributed by atoms with Crippen LogP contribution in [0.25, 0.3) is 0 Å². The van der Waals surface area contributed by atoms with Crippen LogP contribution in [0.4, 0.5) is 0 Å². The Morgan fingerprint density at radius 2 is 1.94 bits per heavy atom. The van der Waals surface area contributed by atoms with Crippen molar-refractivity contribution in [2.45, 2.75) is 51.5 Å². The molecule has 0 spiro atoms. The Hall–Kier alpha value is -0.210. The summed E-state index contributed by atoms with van der Waals surface area (Å²) >= 11 is 9.79. The van der Waals surface area contributed by atoms with Gasteiger partial charge in [0.1, 0.15) is 11.9 Å². The van der Waals surface area contributed by atoms with Crippen molar-refractivity contribution < 1.29 is 4.74 Å². The van der Waals surface area contributed by atoms with Crippen molar-refractivity contribution in [2.75, 3.05) is 0 Å². The van der Waals surface area contributed by atoms with Gasteiger partial charge in [-0.15, -0.1) is 0 Å². The minimum absolute atomic E-state index is 0.235. The van der Waals surface area contributed by atoms with E-state index in [9.17, 15) is 0 Å². The van der Waals surface area contributed by atoms with Crippen LogP contribution >= 0.6 is 27.5 Å². The molecule has 1 aliphatic rings. The number of hydrogen-bond donors (Lipinski definition) is 0. The molecule has 1 saturated carbocycles. The number of halogens is 2. The summed E-state index contributed by atoms with van der Waals surface area (Å²) in [6, 6.07) is 3.94. The smallest absolute Gasteiger partial charge is 0.125 e. The zero-order valence-corrected chi connectivity index (χ0v) is 13.7. The van der Waals surface area contributed by atoms with Crippen LogP contribution in [0, 0.1) is 19.3 Å². The number of aryl methyl sites for hydroxylation is 2. The Kier molecular flexibility index (Phi) is 3.99. The van der Waals surface area contributed by atoms with Crippen molar-refractivity contribution in [2.24, 2.45) is 5.41 Å². The predicted molar refractivity (Wildman–Crippen MR) is 81.1 cm³/mol. The molecular formula is C15H20BrClO. The topological polar surface area (TPSA) is 9.23 Å². The van der Waals surface area contributed by atoms with Crippen LogP contribution in [-0.2, 0) is 0 Å². The Labute approximate surface area is 123 Å². The summed E-state index contributed by atoms with van der Waals surface area (Å²) < 4.78 is 6.26. The van der Waals surface area contributed by atoms with E-state index in [0.29, 0.717) is 10.9 Å². The van der Waals surface area contributed by atoms with Crippen molar-refractivity contribution in [3.8, 4) is 5.75 Å². The molecule has 0 N–H and O–H groups in total. The van der Waals surface area contributed by atoms with Gasteiger partial charge in [-0.25, -0.2) is 0 Å². The Balaban J connectivity index is 2.21. The first kappa shape index (κ1) is 14.2. The summed E-state index contributed by atoms with van der Waals surface area (Å²) in [6.45, 7) is 8.64. The molecule has 3 heteroatoms. The van der Waals surface area contributed by atoms with Gasteiger partial charge in [-0.05, 0) is 49.9 Å². The van der Waals surface area contributed by atoms with Crippen LogP contribution in [0.3, 0.4) is 0 Å². The van der Waals surface area contributed by atoms with Gasteiger partial charge in [0.25, 0.3) is 0 Å². The second-order valence-electron chi connectivity index (χ2n) is 5.54. The Bertz CT molecular complexity index is 437. The van der Waals surface area contributed by atoms with E-state index in [4.69, 9.17) is 16.3 Å². The molecule has 0 bridgehead atoms. The van der Waals surface area contributed by atoms with Gasteiger partial charge in [-0.1, -0.05) is 41.4 Å². The SMILES string of the molecule is CCC1(C)C(Br)CC1Oc1c(C)cc(Cl)cc1C. The molecule has 0 saturated heterocycles. The third-order valence-electron chi connectivity index (χ3n) is 4.32. The van der Waals surface area contributed by atoms with Crippen molar-refractivity contribution in [1.82, 2.24) is 0 Å². The maximum atomic E-state index is 6.26. The zero-order valence-electron chi connectivity index (χ0n) is 11.4. The predicted octanol–water partition coefficient (Wildman–Crippen LogP) is 5.29. The minimum atomic E-state index is 0.235. The van der Waals surface area contributed by atoms with Crippen LogP contribution in [-0.4, -0.2) is 10.9 Å². The van der Waals surface area contributed by atoms with Crippen LogP contribution in [0.15, 0.2) is 12.1 Å². The normalized spacial score (nSPS) is 31.0. The van der Waals surface area contributed by atoms with E-state index in [0.717, 1.165) is 34.7 Å². The molecule has 1 aliphatic carbocycles. The largest absolute Gasteiger partial charge is 0.489 e. The lowest BCUT2D eigenvalue weighted by Gasteiger charge is -2.51. The average Bonchev–Trinajstić information content (AvgIpc) is 2.30. The number of hydrogen-bond acceptors (Lipinski definition) is 1. The van der Waals surface area contributed by atoms with Gasteiger partial charge in [-0.3, -0.25) is 0 Å². The van der Waals surface area contributed by atoms with Crippen LogP contribution < -0.4 is 4.74 Å². The Morgan fingerprint density at radius 1 is 1.39 bits per heavy atom. The van der Waals surface area contributed by atoms with E-state index in [-0.39, 0.29) is 5.41 Å². The van der Waals surface area contributed by atoms with Crippen LogP contribution in [0.2, 0.25) is 5.02 Å². The summed E-state index contributed by atoms with van der Waals surface area (Å²) in [6.07, 6.45) is 2.50. The third-order valence-corrected chi connectivity index (χ3v) is 5.96. The molecule has 18 heavy (non-hydrogen) atoms. The van der Waals surface area contributed by atoms with Gasteiger partial charge in [-0.2, -0.15) is 0 Å². The fourth-order valence-electron chi connectivity index (χ4n) is 2.63. The van der Waals surface area contributed by atoms with E-state index >= 15 is 0 Å². The molecule has 100 valence electrons. The monoisotopic (exact) mass is 330 g/mol. The van der Waals surface area contributed by atoms with E-state index < -0.39 is 0 Å². The molecule has 0 aromatic heterocycles. The molecule has 0 amide bonds. The fraction of sp³-hybridized carbons (Fsp3) is 0.600. The van der Waals surface area contributed by atoms with Crippen molar-refractivity contribution in [1.29, 1.82) is 0 Å². The summed E-state index contributed by atoms with van der Waals surface area (Å²) in [5.41, 5.74) is 2.48. The summed E-state index contributed by atoms with van der Waals surface area (Å²) in [4.78, 5) is 0.563. The Morgan fingerprint density at radius 3 is 2.39 bits per heavy atom. The van der Waals surface area contributed by atoms with Crippen molar-refractivity contribution in [3.05, 3.63) is 28.3 Å². The second kappa shape index (κ2) is 5.05. The molecular weight excluding hydrogens is 312 g/mol. The zero-order chi connectivity index (χ0) is 13.5. The van der Waals surface area contributed by atoms with Gasteiger partial charge in [0, 0.05) is 15.3 Å². The standard InChI is InChI=1S/C15H20BrClO/c1-5-15(4)12(16)8-13(15)18-14-9(2)6-11(17)7-10(14)3/h6-7,12-13H,5,8H2,1-4H3. The third kappa shape index (κ3) is 2.30. The highest BCUT2D eigenvalue weighted by Crippen LogP contribution is 2.50. The van der Waals surface area contributed by atoms with Crippen molar-refractivity contribution >= 4 is 27.5 Å². The first-order chi connectivity index (χ1) is 8.38. The maximum Gasteiger partial charge on any atom is 0.125 e. The summed E-state index contributed by atoms with van der Waals surface area (Å²) in [5.74, 6) is 1.00. The highest BCUT2D eigenvalue weighted by atomic mass is 79.9. The van der Waals surface area contributed by atoms with E-state index in [1.54, 1.807) is 0 Å². The number of rotatable bonds is 3. The van der Waals surface area contributed by atoms with Gasteiger partial charge in [0.15, 0.2) is 0 Å². The fourth-order valence-corrected chi connectivity index (χ4v) is 3.91. The molecule has 1 fully saturated rings. The molecule has 0 aliphatic heterocycles. The summed E-state index contributed by atoms with van der Waals surface area (Å²) in [7, 11) is 0. The van der Waals surface area contributed by atoms with Gasteiger partial charge in [0.2, 0.25) is 0 Å². The quantitative estimate of drug-likeness (QED) is 0.684. The van der Waals surface area contributed by atoms with Crippen molar-refractivity contribution in [3.63, 3.8) is 0 Å². The average molecular weight is 332 g/mol. The van der Waals surface area contributed by atoms with Gasteiger partial charge < -0.3 is 4.74 Å². The number of benzene rings is 1. The number of alkyl halides is 1. The molecule has 1 aromatic rings. The molecule has 0 radical (unpaired) electrons. The lowest BCUT2D eigenvalue weighted by Crippen LogP contribution is -2.54.